The van der Waals surface area contributed by atoms with E-state index in [1.165, 1.54) is 23.7 Å². The predicted octanol–water partition coefficient (Wildman–Crippen LogP) is 3.98. The van der Waals surface area contributed by atoms with Crippen molar-refractivity contribution in [1.29, 1.82) is 5.26 Å². The summed E-state index contributed by atoms with van der Waals surface area (Å²) < 4.78 is 0. The van der Waals surface area contributed by atoms with Crippen LogP contribution in [0.1, 0.15) is 54.8 Å². The first-order valence-electron chi connectivity index (χ1n) is 7.99. The smallest absolute Gasteiger partial charge is 0.269 e. The number of nitrogens with zero attached hydrogens (tertiary/aromatic N) is 2. The third kappa shape index (κ3) is 3.83. The number of benzene rings is 1. The van der Waals surface area contributed by atoms with Gasteiger partial charge in [-0.15, -0.1) is 0 Å². The highest BCUT2D eigenvalue weighted by molar-refractivity contribution is 7.98. The number of thioether (sulfide) groups is 1. The molecule has 0 spiro atoms. The maximum Gasteiger partial charge on any atom is 0.269 e. The van der Waals surface area contributed by atoms with Gasteiger partial charge < -0.3 is 4.98 Å². The van der Waals surface area contributed by atoms with E-state index in [0.29, 0.717) is 10.9 Å². The Morgan fingerprint density at radius 3 is 2.65 bits per heavy atom. The second-order valence-electron chi connectivity index (χ2n) is 5.85. The Labute approximate surface area is 140 Å². The number of rotatable bonds is 4. The van der Waals surface area contributed by atoms with Crippen molar-refractivity contribution >= 4 is 11.8 Å². The zero-order chi connectivity index (χ0) is 16.1. The molecule has 1 heterocycles. The van der Waals surface area contributed by atoms with E-state index in [0.717, 1.165) is 31.4 Å². The van der Waals surface area contributed by atoms with E-state index in [-0.39, 0.29) is 17.0 Å². The van der Waals surface area contributed by atoms with E-state index in [9.17, 15) is 10.1 Å². The number of nitriles is 1. The van der Waals surface area contributed by atoms with E-state index in [1.54, 1.807) is 0 Å². The highest BCUT2D eigenvalue weighted by atomic mass is 32.2. The Bertz CT molecular complexity index is 758. The SMILES string of the molecule is N#Cc1c(C2CCCCC2)nc(SCc2ccccc2)[nH]c1=O. The van der Waals surface area contributed by atoms with Gasteiger partial charge in [0.25, 0.3) is 5.56 Å². The molecule has 0 radical (unpaired) electrons. The van der Waals surface area contributed by atoms with Gasteiger partial charge in [-0.2, -0.15) is 5.26 Å². The zero-order valence-corrected chi connectivity index (χ0v) is 13.7. The quantitative estimate of drug-likeness (QED) is 0.682. The topological polar surface area (TPSA) is 69.5 Å². The second kappa shape index (κ2) is 7.47. The summed E-state index contributed by atoms with van der Waals surface area (Å²) in [6, 6.07) is 12.1. The van der Waals surface area contributed by atoms with Crippen LogP contribution in [0, 0.1) is 11.3 Å². The average Bonchev–Trinajstić information content (AvgIpc) is 2.61. The molecule has 1 fully saturated rings. The molecule has 0 aliphatic heterocycles. The van der Waals surface area contributed by atoms with E-state index in [1.807, 2.05) is 24.3 Å². The molecule has 0 atom stereocenters. The largest absolute Gasteiger partial charge is 0.300 e. The van der Waals surface area contributed by atoms with Gasteiger partial charge in [0.15, 0.2) is 5.16 Å². The minimum absolute atomic E-state index is 0.195. The van der Waals surface area contributed by atoms with E-state index < -0.39 is 0 Å². The maximum atomic E-state index is 12.2. The number of H-pyrrole nitrogens is 1. The van der Waals surface area contributed by atoms with Gasteiger partial charge in [-0.3, -0.25) is 4.79 Å². The maximum absolute atomic E-state index is 12.2. The number of aromatic amines is 1. The Kier molecular flexibility index (Phi) is 5.14. The Morgan fingerprint density at radius 1 is 1.22 bits per heavy atom. The van der Waals surface area contributed by atoms with Gasteiger partial charge in [0.2, 0.25) is 0 Å². The Balaban J connectivity index is 1.85. The Morgan fingerprint density at radius 2 is 1.96 bits per heavy atom. The average molecular weight is 325 g/mol. The highest BCUT2D eigenvalue weighted by Crippen LogP contribution is 2.33. The molecule has 1 N–H and O–H groups in total. The summed E-state index contributed by atoms with van der Waals surface area (Å²) in [6.45, 7) is 0. The molecule has 5 heteroatoms. The summed E-state index contributed by atoms with van der Waals surface area (Å²) >= 11 is 1.51. The third-order valence-electron chi connectivity index (χ3n) is 4.25. The summed E-state index contributed by atoms with van der Waals surface area (Å²) in [5.74, 6) is 0.997. The van der Waals surface area contributed by atoms with Crippen LogP contribution < -0.4 is 5.56 Å². The van der Waals surface area contributed by atoms with Gasteiger partial charge >= 0.3 is 0 Å². The predicted molar refractivity (Wildman–Crippen MR) is 91.4 cm³/mol. The van der Waals surface area contributed by atoms with Crippen molar-refractivity contribution in [2.75, 3.05) is 0 Å². The summed E-state index contributed by atoms with van der Waals surface area (Å²) in [7, 11) is 0. The lowest BCUT2D eigenvalue weighted by molar-refractivity contribution is 0.433. The second-order valence-corrected chi connectivity index (χ2v) is 6.82. The van der Waals surface area contributed by atoms with Crippen LogP contribution in [0.4, 0.5) is 0 Å². The molecule has 1 saturated carbocycles. The first-order valence-corrected chi connectivity index (χ1v) is 8.97. The van der Waals surface area contributed by atoms with Crippen LogP contribution in [0.25, 0.3) is 0 Å². The van der Waals surface area contributed by atoms with Crippen molar-refractivity contribution in [1.82, 2.24) is 9.97 Å². The van der Waals surface area contributed by atoms with E-state index in [4.69, 9.17) is 0 Å². The zero-order valence-electron chi connectivity index (χ0n) is 12.9. The van der Waals surface area contributed by atoms with Crippen LogP contribution in [0.3, 0.4) is 0 Å². The number of nitrogens with one attached hydrogen (secondary N) is 1. The number of aromatic nitrogens is 2. The van der Waals surface area contributed by atoms with Gasteiger partial charge in [0.1, 0.15) is 11.6 Å². The fraction of sp³-hybridized carbons (Fsp3) is 0.389. The van der Waals surface area contributed by atoms with Crippen LogP contribution in [0.15, 0.2) is 40.3 Å². The van der Waals surface area contributed by atoms with Crippen molar-refractivity contribution in [2.24, 2.45) is 0 Å². The first kappa shape index (κ1) is 15.8. The standard InChI is InChI=1S/C18H19N3OS/c19-11-15-16(14-9-5-2-6-10-14)20-18(21-17(15)22)23-12-13-7-3-1-4-8-13/h1,3-4,7-8,14H,2,5-6,9-10,12H2,(H,20,21,22). The normalized spacial score (nSPS) is 15.3. The van der Waals surface area contributed by atoms with E-state index in [2.05, 4.69) is 22.1 Å². The van der Waals surface area contributed by atoms with Crippen LogP contribution in [-0.4, -0.2) is 9.97 Å². The fourth-order valence-corrected chi connectivity index (χ4v) is 3.87. The monoisotopic (exact) mass is 325 g/mol. The van der Waals surface area contributed by atoms with Gasteiger partial charge in [-0.05, 0) is 18.4 Å². The van der Waals surface area contributed by atoms with Gasteiger partial charge in [0.05, 0.1) is 5.69 Å². The minimum Gasteiger partial charge on any atom is -0.300 e. The molecule has 2 aromatic rings. The molecule has 0 unspecified atom stereocenters. The third-order valence-corrected chi connectivity index (χ3v) is 5.19. The van der Waals surface area contributed by atoms with Gasteiger partial charge in [0, 0.05) is 11.7 Å². The summed E-state index contributed by atoms with van der Waals surface area (Å²) in [5.41, 5.74) is 1.77. The highest BCUT2D eigenvalue weighted by Gasteiger charge is 2.22. The van der Waals surface area contributed by atoms with Crippen molar-refractivity contribution in [3.63, 3.8) is 0 Å². The van der Waals surface area contributed by atoms with Crippen molar-refractivity contribution in [2.45, 2.75) is 48.9 Å². The summed E-state index contributed by atoms with van der Waals surface area (Å²) in [6.07, 6.45) is 5.58. The molecule has 4 nitrogen and oxygen atoms in total. The van der Waals surface area contributed by atoms with Crippen LogP contribution in [0.5, 0.6) is 0 Å². The lowest BCUT2D eigenvalue weighted by Crippen LogP contribution is -2.20. The van der Waals surface area contributed by atoms with Crippen LogP contribution >= 0.6 is 11.8 Å². The van der Waals surface area contributed by atoms with Crippen molar-refractivity contribution < 1.29 is 0 Å². The minimum atomic E-state index is -0.307. The molecule has 0 bridgehead atoms. The molecule has 23 heavy (non-hydrogen) atoms. The molecule has 1 aliphatic rings. The first-order chi connectivity index (χ1) is 11.3. The van der Waals surface area contributed by atoms with Gasteiger partial charge in [-0.25, -0.2) is 4.98 Å². The molecule has 0 saturated heterocycles. The molecule has 1 aromatic heterocycles. The lowest BCUT2D eigenvalue weighted by atomic mass is 9.85. The lowest BCUT2D eigenvalue weighted by Gasteiger charge is -2.21. The molecule has 1 aliphatic carbocycles. The number of hydrogen-bond donors (Lipinski definition) is 1. The van der Waals surface area contributed by atoms with E-state index >= 15 is 0 Å². The summed E-state index contributed by atoms with van der Waals surface area (Å²) in [4.78, 5) is 19.6. The van der Waals surface area contributed by atoms with Crippen LogP contribution in [0.2, 0.25) is 0 Å². The molecule has 118 valence electrons. The van der Waals surface area contributed by atoms with Crippen molar-refractivity contribution in [3.8, 4) is 6.07 Å². The van der Waals surface area contributed by atoms with Crippen LogP contribution in [-0.2, 0) is 5.75 Å². The Hall–Kier alpha value is -2.06. The molecule has 1 aromatic carbocycles. The molecule has 3 rings (SSSR count). The number of hydrogen-bond acceptors (Lipinski definition) is 4. The fourth-order valence-electron chi connectivity index (χ4n) is 3.04. The molecule has 0 amide bonds. The summed E-state index contributed by atoms with van der Waals surface area (Å²) in [5, 5.41) is 9.92. The van der Waals surface area contributed by atoms with Crippen molar-refractivity contribution in [3.05, 3.63) is 57.5 Å². The molecular weight excluding hydrogens is 306 g/mol. The molecular formula is C18H19N3OS. The van der Waals surface area contributed by atoms with Gasteiger partial charge in [-0.1, -0.05) is 61.4 Å².